The molecule has 11 heteroatoms. The summed E-state index contributed by atoms with van der Waals surface area (Å²) in [6, 6.07) is 3.18. The second-order valence-corrected chi connectivity index (χ2v) is 15.4. The molecule has 11 nitrogen and oxygen atoms in total. The van der Waals surface area contributed by atoms with Crippen molar-refractivity contribution in [3.63, 3.8) is 0 Å². The van der Waals surface area contributed by atoms with Gasteiger partial charge in [-0.25, -0.2) is 34.1 Å². The molecule has 0 bridgehead atoms. The van der Waals surface area contributed by atoms with Crippen molar-refractivity contribution >= 4 is 5.97 Å². The molecule has 346 valence electrons. The predicted octanol–water partition coefficient (Wildman–Crippen LogP) is 13.5. The Morgan fingerprint density at radius 1 is 0.383 bits per heavy atom. The van der Waals surface area contributed by atoms with E-state index in [1.807, 2.05) is 0 Å². The number of unbranched alkanes of at least 4 members (excludes halogenated alkanes) is 24. The number of rotatable bonds is 49. The minimum absolute atomic E-state index is 0.146. The number of carboxylic acid groups (broad SMARTS) is 1. The van der Waals surface area contributed by atoms with Gasteiger partial charge in [0.25, 0.3) is 0 Å². The van der Waals surface area contributed by atoms with Crippen LogP contribution in [0.15, 0.2) is 50.1 Å². The number of aromatic carboxylic acids is 1. The number of carboxylic acids is 1. The van der Waals surface area contributed by atoms with Gasteiger partial charge in [0.15, 0.2) is 11.5 Å². The molecular weight excluding hydrogens is 765 g/mol. The Hall–Kier alpha value is -2.93. The van der Waals surface area contributed by atoms with Crippen molar-refractivity contribution in [2.45, 2.75) is 173 Å². The normalized spacial score (nSPS) is 11.1. The van der Waals surface area contributed by atoms with E-state index in [1.54, 1.807) is 30.4 Å². The molecule has 0 spiro atoms. The fraction of sp³-hybridized carbons (Fsp3) is 0.735. The lowest BCUT2D eigenvalue weighted by molar-refractivity contribution is -0.286. The Morgan fingerprint density at radius 3 is 0.900 bits per heavy atom. The molecule has 1 N–H and O–H groups in total. The summed E-state index contributed by atoms with van der Waals surface area (Å²) in [5.41, 5.74) is 0.146. The van der Waals surface area contributed by atoms with E-state index in [1.165, 1.54) is 77.0 Å². The van der Waals surface area contributed by atoms with Crippen LogP contribution in [0.25, 0.3) is 0 Å². The maximum atomic E-state index is 12.2. The van der Waals surface area contributed by atoms with Gasteiger partial charge in [-0.2, -0.15) is 0 Å². The van der Waals surface area contributed by atoms with Gasteiger partial charge in [-0.05, 0) is 50.7 Å². The van der Waals surface area contributed by atoms with Crippen LogP contribution < -0.4 is 14.2 Å². The van der Waals surface area contributed by atoms with Crippen LogP contribution in [-0.2, 0) is 29.3 Å². The fourth-order valence-corrected chi connectivity index (χ4v) is 6.56. The van der Waals surface area contributed by atoms with E-state index in [9.17, 15) is 9.90 Å². The SMILES string of the molecule is C=CCOOCCCCCCCCCCCOc1cc(C(=O)O)cc(OCCCCCCCCCCCOOCC=C)c1OCCCCCCCCCCCOOCC=C. The maximum absolute atomic E-state index is 12.2. The van der Waals surface area contributed by atoms with E-state index < -0.39 is 5.97 Å². The second-order valence-electron chi connectivity index (χ2n) is 15.4. The summed E-state index contributed by atoms with van der Waals surface area (Å²) < 4.78 is 18.8. The topological polar surface area (TPSA) is 120 Å². The highest BCUT2D eigenvalue weighted by Gasteiger charge is 2.19. The summed E-state index contributed by atoms with van der Waals surface area (Å²) in [6.45, 7) is 15.5. The first-order valence-electron chi connectivity index (χ1n) is 23.5. The van der Waals surface area contributed by atoms with E-state index in [4.69, 9.17) is 43.5 Å². The van der Waals surface area contributed by atoms with Gasteiger partial charge >= 0.3 is 5.97 Å². The average molecular weight is 849 g/mol. The smallest absolute Gasteiger partial charge is 0.335 e. The Bertz CT molecular complexity index is 1090. The summed E-state index contributed by atoms with van der Waals surface area (Å²) in [5.74, 6) is 0.424. The first-order valence-corrected chi connectivity index (χ1v) is 23.5. The molecule has 0 saturated heterocycles. The molecule has 0 radical (unpaired) electrons. The van der Waals surface area contributed by atoms with Crippen molar-refractivity contribution in [3.05, 3.63) is 55.7 Å². The summed E-state index contributed by atoms with van der Waals surface area (Å²) in [5, 5.41) is 9.95. The van der Waals surface area contributed by atoms with Crippen LogP contribution in [0.3, 0.4) is 0 Å². The van der Waals surface area contributed by atoms with Gasteiger partial charge in [-0.3, -0.25) is 0 Å². The van der Waals surface area contributed by atoms with Crippen LogP contribution in [0.4, 0.5) is 0 Å². The first kappa shape index (κ1) is 55.1. The summed E-state index contributed by atoms with van der Waals surface area (Å²) >= 11 is 0. The third-order valence-corrected chi connectivity index (χ3v) is 9.95. The van der Waals surface area contributed by atoms with E-state index in [0.717, 1.165) is 96.3 Å². The Morgan fingerprint density at radius 2 is 0.633 bits per heavy atom. The molecule has 1 rings (SSSR count). The molecule has 0 heterocycles. The Labute approximate surface area is 364 Å². The monoisotopic (exact) mass is 849 g/mol. The zero-order chi connectivity index (χ0) is 43.2. The van der Waals surface area contributed by atoms with Gasteiger partial charge in [0.2, 0.25) is 5.75 Å². The van der Waals surface area contributed by atoms with Crippen molar-refractivity contribution < 1.29 is 53.4 Å². The van der Waals surface area contributed by atoms with E-state index in [0.29, 0.717) is 76.7 Å². The molecule has 0 fully saturated rings. The van der Waals surface area contributed by atoms with Gasteiger partial charge in [0.1, 0.15) is 19.8 Å². The lowest BCUT2D eigenvalue weighted by Gasteiger charge is -2.18. The first-order chi connectivity index (χ1) is 29.6. The van der Waals surface area contributed by atoms with Crippen LogP contribution in [0.2, 0.25) is 0 Å². The zero-order valence-corrected chi connectivity index (χ0v) is 37.5. The Kier molecular flexibility index (Phi) is 40.5. The zero-order valence-electron chi connectivity index (χ0n) is 37.5. The second kappa shape index (κ2) is 44.1. The van der Waals surface area contributed by atoms with Crippen molar-refractivity contribution in [2.75, 3.05) is 59.5 Å². The molecule has 0 aliphatic rings. The van der Waals surface area contributed by atoms with Gasteiger partial charge in [0.05, 0.1) is 45.2 Å². The Balaban J connectivity index is 2.51. The van der Waals surface area contributed by atoms with Crippen molar-refractivity contribution in [1.82, 2.24) is 0 Å². The third-order valence-electron chi connectivity index (χ3n) is 9.95. The molecule has 1 aromatic carbocycles. The van der Waals surface area contributed by atoms with Crippen LogP contribution >= 0.6 is 0 Å². The molecule has 1 aromatic rings. The van der Waals surface area contributed by atoms with Crippen LogP contribution in [0.1, 0.15) is 184 Å². The summed E-state index contributed by atoms with van der Waals surface area (Å²) in [6.07, 6.45) is 35.5. The van der Waals surface area contributed by atoms with Crippen LogP contribution in [0.5, 0.6) is 17.2 Å². The molecule has 0 saturated carbocycles. The fourth-order valence-electron chi connectivity index (χ4n) is 6.56. The molecular formula is C49H84O11. The van der Waals surface area contributed by atoms with Crippen LogP contribution in [-0.4, -0.2) is 70.5 Å². The minimum Gasteiger partial charge on any atom is -0.490 e. The molecule has 0 aliphatic carbocycles. The van der Waals surface area contributed by atoms with Crippen LogP contribution in [0, 0.1) is 0 Å². The van der Waals surface area contributed by atoms with Gasteiger partial charge in [0, 0.05) is 0 Å². The number of benzene rings is 1. The highest BCUT2D eigenvalue weighted by molar-refractivity contribution is 5.89. The third kappa shape index (κ3) is 34.7. The maximum Gasteiger partial charge on any atom is 0.335 e. The standard InChI is InChI=1S/C49H84O11/c1-4-34-55-58-40-31-25-19-13-7-10-16-22-28-37-52-46-43-45(49(50)51)44-47(53-38-29-23-17-11-8-14-20-26-32-41-59-56-35-5-2)48(46)54-39-30-24-18-12-9-15-21-27-33-42-60-57-36-6-3/h4-6,43-44H,1-3,7-42H2,(H,50,51). The van der Waals surface area contributed by atoms with Gasteiger partial charge in [-0.1, -0.05) is 153 Å². The van der Waals surface area contributed by atoms with Crippen molar-refractivity contribution in [3.8, 4) is 17.2 Å². The minimum atomic E-state index is -1.01. The van der Waals surface area contributed by atoms with Crippen molar-refractivity contribution in [2.24, 2.45) is 0 Å². The summed E-state index contributed by atoms with van der Waals surface area (Å²) in [7, 11) is 0. The molecule has 0 aromatic heterocycles. The molecule has 60 heavy (non-hydrogen) atoms. The predicted molar refractivity (Wildman–Crippen MR) is 241 cm³/mol. The molecule has 0 amide bonds. The van der Waals surface area contributed by atoms with Gasteiger partial charge < -0.3 is 19.3 Å². The summed E-state index contributed by atoms with van der Waals surface area (Å²) in [4.78, 5) is 42.3. The lowest BCUT2D eigenvalue weighted by Crippen LogP contribution is -2.08. The van der Waals surface area contributed by atoms with E-state index in [2.05, 4.69) is 19.7 Å². The number of carbonyl (C=O) groups is 1. The largest absolute Gasteiger partial charge is 0.490 e. The lowest BCUT2D eigenvalue weighted by atomic mass is 10.1. The molecule has 0 unspecified atom stereocenters. The number of hydrogen-bond acceptors (Lipinski definition) is 10. The molecule has 0 aliphatic heterocycles. The molecule has 0 atom stereocenters. The quantitative estimate of drug-likeness (QED) is 0.0292. The van der Waals surface area contributed by atoms with Crippen molar-refractivity contribution in [1.29, 1.82) is 0 Å². The van der Waals surface area contributed by atoms with E-state index in [-0.39, 0.29) is 5.56 Å². The average Bonchev–Trinajstić information content (AvgIpc) is 3.25. The van der Waals surface area contributed by atoms with Gasteiger partial charge in [-0.15, -0.1) is 19.7 Å². The van der Waals surface area contributed by atoms with E-state index >= 15 is 0 Å². The highest BCUT2D eigenvalue weighted by Crippen LogP contribution is 2.40. The number of hydrogen-bond donors (Lipinski definition) is 1. The highest BCUT2D eigenvalue weighted by atomic mass is 17.2. The number of ether oxygens (including phenoxy) is 3.